The fourth-order valence-electron chi connectivity index (χ4n) is 2.74. The number of hydrogen-bond acceptors (Lipinski definition) is 2. The van der Waals surface area contributed by atoms with E-state index in [9.17, 15) is 0 Å². The highest BCUT2D eigenvalue weighted by atomic mass is 15.2. The Bertz CT molecular complexity index is 360. The number of guanidine groups is 1. The summed E-state index contributed by atoms with van der Waals surface area (Å²) in [7, 11) is 2.19. The van der Waals surface area contributed by atoms with Crippen LogP contribution in [0.5, 0.6) is 0 Å². The number of allylic oxidation sites excluding steroid dienone is 1. The zero-order valence-corrected chi connectivity index (χ0v) is 15.8. The molecule has 0 amide bonds. The first-order chi connectivity index (χ1) is 11.1. The van der Waals surface area contributed by atoms with Gasteiger partial charge in [0, 0.05) is 25.7 Å². The number of nitrogens with one attached hydrogen (secondary N) is 2. The van der Waals surface area contributed by atoms with Crippen molar-refractivity contribution in [3.8, 4) is 0 Å². The molecule has 4 heteroatoms. The third-order valence-electron chi connectivity index (χ3n) is 4.54. The van der Waals surface area contributed by atoms with E-state index in [-0.39, 0.29) is 0 Å². The first-order valence-corrected chi connectivity index (χ1v) is 9.53. The van der Waals surface area contributed by atoms with Gasteiger partial charge in [0.15, 0.2) is 5.96 Å². The Hall–Kier alpha value is -1.03. The first-order valence-electron chi connectivity index (χ1n) is 9.53. The van der Waals surface area contributed by atoms with Crippen LogP contribution in [0.3, 0.4) is 0 Å². The molecule has 0 aliphatic heterocycles. The molecule has 1 aliphatic rings. The lowest BCUT2D eigenvalue weighted by molar-refractivity contribution is 0.269. The Balaban J connectivity index is 2.20. The van der Waals surface area contributed by atoms with Crippen LogP contribution in [-0.4, -0.2) is 50.1 Å². The third kappa shape index (κ3) is 9.65. The van der Waals surface area contributed by atoms with Gasteiger partial charge in [-0.1, -0.05) is 11.6 Å². The molecular weight excluding hydrogens is 284 g/mol. The lowest BCUT2D eigenvalue weighted by Gasteiger charge is -2.20. The lowest BCUT2D eigenvalue weighted by Crippen LogP contribution is -2.38. The van der Waals surface area contributed by atoms with Crippen LogP contribution in [0.25, 0.3) is 0 Å². The van der Waals surface area contributed by atoms with Crippen molar-refractivity contribution in [1.82, 2.24) is 15.5 Å². The fourth-order valence-corrected chi connectivity index (χ4v) is 2.74. The van der Waals surface area contributed by atoms with E-state index in [0.717, 1.165) is 45.0 Å². The Labute approximate surface area is 143 Å². The van der Waals surface area contributed by atoms with E-state index in [0.29, 0.717) is 6.04 Å². The maximum absolute atomic E-state index is 4.69. The maximum Gasteiger partial charge on any atom is 0.191 e. The average molecular weight is 323 g/mol. The van der Waals surface area contributed by atoms with Crippen LogP contribution >= 0.6 is 0 Å². The van der Waals surface area contributed by atoms with Gasteiger partial charge >= 0.3 is 0 Å². The van der Waals surface area contributed by atoms with Crippen LogP contribution in [0.15, 0.2) is 16.6 Å². The van der Waals surface area contributed by atoms with Gasteiger partial charge in [0.2, 0.25) is 0 Å². The molecule has 0 aromatic heterocycles. The van der Waals surface area contributed by atoms with E-state index in [1.807, 2.05) is 0 Å². The molecule has 0 spiro atoms. The normalized spacial score (nSPS) is 15.9. The van der Waals surface area contributed by atoms with Crippen molar-refractivity contribution in [1.29, 1.82) is 0 Å². The van der Waals surface area contributed by atoms with E-state index in [1.165, 1.54) is 32.1 Å². The summed E-state index contributed by atoms with van der Waals surface area (Å²) in [4.78, 5) is 7.09. The summed E-state index contributed by atoms with van der Waals surface area (Å²) in [6, 6.07) is 0.631. The molecule has 23 heavy (non-hydrogen) atoms. The highest BCUT2D eigenvalue weighted by Gasteiger charge is 2.04. The van der Waals surface area contributed by atoms with Crippen molar-refractivity contribution in [3.63, 3.8) is 0 Å². The summed E-state index contributed by atoms with van der Waals surface area (Å²) in [6.45, 7) is 10.6. The summed E-state index contributed by atoms with van der Waals surface area (Å²) in [5, 5.41) is 6.82. The molecule has 0 aromatic carbocycles. The van der Waals surface area contributed by atoms with Gasteiger partial charge in [-0.15, -0.1) is 0 Å². The second-order valence-electron chi connectivity index (χ2n) is 6.83. The fraction of sp³-hybridized carbons (Fsp3) is 0.842. The largest absolute Gasteiger partial charge is 0.357 e. The van der Waals surface area contributed by atoms with Gasteiger partial charge in [-0.2, -0.15) is 0 Å². The van der Waals surface area contributed by atoms with Gasteiger partial charge in [-0.3, -0.25) is 4.99 Å². The molecule has 0 saturated heterocycles. The summed E-state index contributed by atoms with van der Waals surface area (Å²) < 4.78 is 0. The second-order valence-corrected chi connectivity index (χ2v) is 6.83. The molecule has 0 radical (unpaired) electrons. The van der Waals surface area contributed by atoms with E-state index < -0.39 is 0 Å². The molecule has 1 aliphatic carbocycles. The highest BCUT2D eigenvalue weighted by Crippen LogP contribution is 2.19. The lowest BCUT2D eigenvalue weighted by atomic mass is 9.97. The monoisotopic (exact) mass is 322 g/mol. The van der Waals surface area contributed by atoms with Crippen molar-refractivity contribution >= 4 is 5.96 Å². The molecule has 2 N–H and O–H groups in total. The van der Waals surface area contributed by atoms with Crippen molar-refractivity contribution < 1.29 is 0 Å². The maximum atomic E-state index is 4.69. The van der Waals surface area contributed by atoms with Gasteiger partial charge in [0.1, 0.15) is 0 Å². The number of nitrogens with zero attached hydrogens (tertiary/aromatic N) is 2. The van der Waals surface area contributed by atoms with E-state index in [1.54, 1.807) is 5.57 Å². The summed E-state index contributed by atoms with van der Waals surface area (Å²) in [5.74, 6) is 0.973. The quantitative estimate of drug-likeness (QED) is 0.280. The minimum Gasteiger partial charge on any atom is -0.357 e. The molecule has 0 unspecified atom stereocenters. The molecular formula is C19H38N4. The predicted molar refractivity (Wildman–Crippen MR) is 102 cm³/mol. The molecule has 1 rings (SSSR count). The smallest absolute Gasteiger partial charge is 0.191 e. The van der Waals surface area contributed by atoms with E-state index in [2.05, 4.69) is 49.4 Å². The van der Waals surface area contributed by atoms with Gasteiger partial charge in [-0.05, 0) is 79.3 Å². The van der Waals surface area contributed by atoms with Crippen LogP contribution in [0.1, 0.15) is 65.7 Å². The van der Waals surface area contributed by atoms with Crippen molar-refractivity contribution in [2.75, 3.05) is 33.2 Å². The van der Waals surface area contributed by atoms with Gasteiger partial charge < -0.3 is 15.5 Å². The van der Waals surface area contributed by atoms with Crippen molar-refractivity contribution in [3.05, 3.63) is 11.6 Å². The Kier molecular flexibility index (Phi) is 10.8. The average Bonchev–Trinajstić information content (AvgIpc) is 2.55. The topological polar surface area (TPSA) is 39.7 Å². The van der Waals surface area contributed by atoms with Crippen molar-refractivity contribution in [2.24, 2.45) is 4.99 Å². The molecule has 0 atom stereocenters. The van der Waals surface area contributed by atoms with Crippen LogP contribution in [0.2, 0.25) is 0 Å². The Morgan fingerprint density at radius 1 is 1.26 bits per heavy atom. The molecule has 0 heterocycles. The molecule has 0 fully saturated rings. The van der Waals surface area contributed by atoms with E-state index in [4.69, 9.17) is 4.99 Å². The minimum absolute atomic E-state index is 0.631. The first kappa shape index (κ1) is 20.0. The Morgan fingerprint density at radius 2 is 2.09 bits per heavy atom. The van der Waals surface area contributed by atoms with Gasteiger partial charge in [0.05, 0.1) is 0 Å². The molecule has 0 saturated carbocycles. The zero-order valence-electron chi connectivity index (χ0n) is 15.8. The van der Waals surface area contributed by atoms with Crippen LogP contribution in [0.4, 0.5) is 0 Å². The van der Waals surface area contributed by atoms with Crippen LogP contribution < -0.4 is 10.6 Å². The summed E-state index contributed by atoms with van der Waals surface area (Å²) in [6.07, 6.45) is 11.2. The molecule has 4 nitrogen and oxygen atoms in total. The Morgan fingerprint density at radius 3 is 2.74 bits per heavy atom. The number of hydrogen-bond donors (Lipinski definition) is 2. The molecule has 0 bridgehead atoms. The zero-order chi connectivity index (χ0) is 16.9. The standard InChI is InChI=1S/C19H38N4/c1-5-20-19(21-14-9-10-16-23(4)17(2)3)22-15-13-18-11-7-6-8-12-18/h11,17H,5-10,12-16H2,1-4H3,(H2,20,21,22). The number of rotatable bonds is 10. The SMILES string of the molecule is CCNC(=NCCCCN(C)C(C)C)NCCC1=CCCCC1. The second kappa shape index (κ2) is 12.4. The predicted octanol–water partition coefficient (Wildman–Crippen LogP) is 3.55. The number of unbranched alkanes of at least 4 members (excludes halogenated alkanes) is 1. The van der Waals surface area contributed by atoms with Crippen molar-refractivity contribution in [2.45, 2.75) is 71.8 Å². The highest BCUT2D eigenvalue weighted by molar-refractivity contribution is 5.79. The third-order valence-corrected chi connectivity index (χ3v) is 4.54. The summed E-state index contributed by atoms with van der Waals surface area (Å²) in [5.41, 5.74) is 1.62. The van der Waals surface area contributed by atoms with Crippen LogP contribution in [0, 0.1) is 0 Å². The summed E-state index contributed by atoms with van der Waals surface area (Å²) >= 11 is 0. The molecule has 134 valence electrons. The van der Waals surface area contributed by atoms with Crippen LogP contribution in [-0.2, 0) is 0 Å². The van der Waals surface area contributed by atoms with E-state index >= 15 is 0 Å². The molecule has 0 aromatic rings. The number of aliphatic imine (C=N–C) groups is 1. The van der Waals surface area contributed by atoms with Gasteiger partial charge in [-0.25, -0.2) is 0 Å². The van der Waals surface area contributed by atoms with Gasteiger partial charge in [0.25, 0.3) is 0 Å². The minimum atomic E-state index is 0.631.